The van der Waals surface area contributed by atoms with Crippen molar-refractivity contribution in [2.45, 2.75) is 33.0 Å². The molecule has 1 N–H and O–H groups in total. The van der Waals surface area contributed by atoms with Crippen molar-refractivity contribution in [3.63, 3.8) is 0 Å². The van der Waals surface area contributed by atoms with E-state index in [-0.39, 0.29) is 24.0 Å². The summed E-state index contributed by atoms with van der Waals surface area (Å²) in [6, 6.07) is 9.66. The number of nitrogens with zero attached hydrogens (tertiary/aromatic N) is 2. The molecule has 0 atom stereocenters. The maximum atomic E-state index is 12.2. The largest absolute Gasteiger partial charge is 0.459 e. The molecule has 0 saturated heterocycles. The van der Waals surface area contributed by atoms with Crippen LogP contribution in [-0.2, 0) is 16.1 Å². The highest BCUT2D eigenvalue weighted by Crippen LogP contribution is 2.19. The number of rotatable bonds is 5. The van der Waals surface area contributed by atoms with Gasteiger partial charge in [0.25, 0.3) is 11.8 Å². The maximum absolute atomic E-state index is 12.2. The van der Waals surface area contributed by atoms with E-state index in [2.05, 4.69) is 15.5 Å². The van der Waals surface area contributed by atoms with Gasteiger partial charge in [0.1, 0.15) is 5.60 Å². The minimum atomic E-state index is -0.626. The van der Waals surface area contributed by atoms with Crippen LogP contribution in [-0.4, -0.2) is 27.9 Å². The molecule has 0 spiro atoms. The van der Waals surface area contributed by atoms with Crippen LogP contribution in [0.5, 0.6) is 0 Å². The monoisotopic (exact) mass is 385 g/mol. The summed E-state index contributed by atoms with van der Waals surface area (Å²) < 4.78 is 20.9. The average molecular weight is 385 g/mol. The first kappa shape index (κ1) is 19.2. The first-order valence-electron chi connectivity index (χ1n) is 8.43. The summed E-state index contributed by atoms with van der Waals surface area (Å²) in [5.74, 6) is 0.138. The predicted molar refractivity (Wildman–Crippen MR) is 97.4 cm³/mol. The molecule has 2 heterocycles. The van der Waals surface area contributed by atoms with Crippen molar-refractivity contribution in [3.05, 3.63) is 54.1 Å². The van der Waals surface area contributed by atoms with Crippen molar-refractivity contribution in [2.75, 3.05) is 5.32 Å². The fourth-order valence-corrected chi connectivity index (χ4v) is 2.17. The molecule has 146 valence electrons. The van der Waals surface area contributed by atoms with Gasteiger partial charge >= 0.3 is 12.1 Å². The van der Waals surface area contributed by atoms with Gasteiger partial charge in [0.05, 0.1) is 11.8 Å². The van der Waals surface area contributed by atoms with E-state index in [4.69, 9.17) is 18.3 Å². The Hall–Kier alpha value is -3.62. The summed E-state index contributed by atoms with van der Waals surface area (Å²) in [5.41, 5.74) is 0.0278. The number of amides is 1. The van der Waals surface area contributed by atoms with Crippen molar-refractivity contribution in [3.8, 4) is 11.7 Å². The Labute approximate surface area is 160 Å². The molecule has 0 aliphatic heterocycles. The second kappa shape index (κ2) is 7.95. The zero-order valence-electron chi connectivity index (χ0n) is 15.6. The van der Waals surface area contributed by atoms with Gasteiger partial charge in [-0.1, -0.05) is 6.07 Å². The number of furan rings is 1. The van der Waals surface area contributed by atoms with Gasteiger partial charge in [0.2, 0.25) is 0 Å². The van der Waals surface area contributed by atoms with Crippen LogP contribution in [0.3, 0.4) is 0 Å². The van der Waals surface area contributed by atoms with Gasteiger partial charge in [-0.05, 0) is 51.1 Å². The lowest BCUT2D eigenvalue weighted by Gasteiger charge is -2.19. The number of hydrogen-bond donors (Lipinski definition) is 1. The second-order valence-corrected chi connectivity index (χ2v) is 6.76. The van der Waals surface area contributed by atoms with Gasteiger partial charge in [0, 0.05) is 5.69 Å². The minimum absolute atomic E-state index is 0.128. The zero-order chi connectivity index (χ0) is 20.1. The molecule has 0 saturated carbocycles. The summed E-state index contributed by atoms with van der Waals surface area (Å²) >= 11 is 0. The third-order valence-corrected chi connectivity index (χ3v) is 3.27. The predicted octanol–water partition coefficient (Wildman–Crippen LogP) is 4.03. The Morgan fingerprint density at radius 1 is 1.14 bits per heavy atom. The third kappa shape index (κ3) is 5.19. The number of anilines is 1. The summed E-state index contributed by atoms with van der Waals surface area (Å²) in [4.78, 5) is 24.1. The molecule has 3 rings (SSSR count). The summed E-state index contributed by atoms with van der Waals surface area (Å²) in [6.07, 6.45) is 0.867. The van der Waals surface area contributed by atoms with Crippen LogP contribution >= 0.6 is 0 Å². The number of ether oxygens (including phenoxy) is 2. The fraction of sp³-hybridized carbons (Fsp3) is 0.263. The molecule has 1 amide bonds. The first-order valence-corrected chi connectivity index (χ1v) is 8.43. The van der Waals surface area contributed by atoms with Crippen molar-refractivity contribution in [1.82, 2.24) is 10.2 Å². The molecular formula is C19H19N3O6. The van der Waals surface area contributed by atoms with Gasteiger partial charge < -0.3 is 18.3 Å². The summed E-state index contributed by atoms with van der Waals surface area (Å²) in [5, 5.41) is 10.2. The Kier molecular flexibility index (Phi) is 5.44. The highest BCUT2D eigenvalue weighted by atomic mass is 16.6. The fourth-order valence-electron chi connectivity index (χ4n) is 2.17. The molecule has 9 heteroatoms. The van der Waals surface area contributed by atoms with E-state index in [9.17, 15) is 9.59 Å². The maximum Gasteiger partial charge on any atom is 0.412 e. The van der Waals surface area contributed by atoms with Crippen LogP contribution in [0.1, 0.15) is 37.0 Å². The van der Waals surface area contributed by atoms with Crippen molar-refractivity contribution >= 4 is 17.7 Å². The first-order chi connectivity index (χ1) is 13.3. The number of hydrogen-bond acceptors (Lipinski definition) is 8. The molecule has 0 bridgehead atoms. The quantitative estimate of drug-likeness (QED) is 0.654. The Balaban J connectivity index is 1.58. The standard InChI is InChI=1S/C19H19N3O6/c1-19(2,3)28-18(24)20-13-7-4-6-12(10-13)17(23)26-11-15-21-22-16(27-15)14-8-5-9-25-14/h4-10H,11H2,1-3H3,(H,20,24). The minimum Gasteiger partial charge on any atom is -0.459 e. The van der Waals surface area contributed by atoms with Crippen LogP contribution in [0.4, 0.5) is 10.5 Å². The van der Waals surface area contributed by atoms with E-state index in [0.29, 0.717) is 11.4 Å². The van der Waals surface area contributed by atoms with E-state index in [1.165, 1.54) is 12.3 Å². The van der Waals surface area contributed by atoms with Crippen LogP contribution in [0.2, 0.25) is 0 Å². The summed E-state index contributed by atoms with van der Waals surface area (Å²) in [6.45, 7) is 5.08. The van der Waals surface area contributed by atoms with E-state index in [1.54, 1.807) is 51.1 Å². The summed E-state index contributed by atoms with van der Waals surface area (Å²) in [7, 11) is 0. The molecule has 2 aromatic heterocycles. The lowest BCUT2D eigenvalue weighted by molar-refractivity contribution is 0.0438. The van der Waals surface area contributed by atoms with Crippen molar-refractivity contribution in [2.24, 2.45) is 0 Å². The number of nitrogens with one attached hydrogen (secondary N) is 1. The highest BCUT2D eigenvalue weighted by Gasteiger charge is 2.17. The lowest BCUT2D eigenvalue weighted by Crippen LogP contribution is -2.27. The number of esters is 1. The molecule has 0 aliphatic rings. The van der Waals surface area contributed by atoms with Crippen molar-refractivity contribution < 1.29 is 27.9 Å². The number of benzene rings is 1. The number of carbonyl (C=O) groups excluding carboxylic acids is 2. The molecule has 0 aliphatic carbocycles. The van der Waals surface area contributed by atoms with E-state index in [1.807, 2.05) is 0 Å². The molecule has 28 heavy (non-hydrogen) atoms. The average Bonchev–Trinajstić information content (AvgIpc) is 3.29. The van der Waals surface area contributed by atoms with Crippen LogP contribution in [0, 0.1) is 0 Å². The van der Waals surface area contributed by atoms with Crippen LogP contribution in [0.15, 0.2) is 51.5 Å². The van der Waals surface area contributed by atoms with Gasteiger partial charge in [-0.3, -0.25) is 5.32 Å². The van der Waals surface area contributed by atoms with Gasteiger partial charge in [-0.2, -0.15) is 0 Å². The SMILES string of the molecule is CC(C)(C)OC(=O)Nc1cccc(C(=O)OCc2nnc(-c3ccco3)o2)c1. The third-order valence-electron chi connectivity index (χ3n) is 3.27. The van der Waals surface area contributed by atoms with E-state index < -0.39 is 17.7 Å². The van der Waals surface area contributed by atoms with Gasteiger partial charge in [-0.25, -0.2) is 9.59 Å². The van der Waals surface area contributed by atoms with Crippen LogP contribution in [0.25, 0.3) is 11.7 Å². The lowest BCUT2D eigenvalue weighted by atomic mass is 10.2. The smallest absolute Gasteiger partial charge is 0.412 e. The Bertz CT molecular complexity index is 956. The Morgan fingerprint density at radius 2 is 1.96 bits per heavy atom. The molecule has 0 unspecified atom stereocenters. The molecular weight excluding hydrogens is 366 g/mol. The number of carbonyl (C=O) groups is 2. The van der Waals surface area contributed by atoms with E-state index in [0.717, 1.165) is 0 Å². The zero-order valence-corrected chi connectivity index (χ0v) is 15.6. The van der Waals surface area contributed by atoms with E-state index >= 15 is 0 Å². The topological polar surface area (TPSA) is 117 Å². The molecule has 1 aromatic carbocycles. The molecule has 9 nitrogen and oxygen atoms in total. The Morgan fingerprint density at radius 3 is 2.68 bits per heavy atom. The highest BCUT2D eigenvalue weighted by molar-refractivity contribution is 5.92. The molecule has 0 fully saturated rings. The normalized spacial score (nSPS) is 11.1. The number of aromatic nitrogens is 2. The van der Waals surface area contributed by atoms with Gasteiger partial charge in [-0.15, -0.1) is 10.2 Å². The molecule has 3 aromatic rings. The van der Waals surface area contributed by atoms with Crippen molar-refractivity contribution in [1.29, 1.82) is 0 Å². The second-order valence-electron chi connectivity index (χ2n) is 6.76. The van der Waals surface area contributed by atoms with Gasteiger partial charge in [0.15, 0.2) is 12.4 Å². The molecule has 0 radical (unpaired) electrons. The van der Waals surface area contributed by atoms with Crippen LogP contribution < -0.4 is 5.32 Å².